The Bertz CT molecular complexity index is 325. The molecule has 1 heterocycles. The molecule has 0 aliphatic carbocycles. The summed E-state index contributed by atoms with van der Waals surface area (Å²) in [6.07, 6.45) is 0. The van der Waals surface area contributed by atoms with Gasteiger partial charge in [0.05, 0.1) is 14.2 Å². The van der Waals surface area contributed by atoms with Gasteiger partial charge >= 0.3 is 12.0 Å². The summed E-state index contributed by atoms with van der Waals surface area (Å²) in [4.78, 5) is 12.1. The zero-order chi connectivity index (χ0) is 12.7. The summed E-state index contributed by atoms with van der Waals surface area (Å²) in [5, 5.41) is 6.22. The molecule has 96 valence electrons. The Kier molecular flexibility index (Phi) is 5.41. The molecule has 0 fully saturated rings. The van der Waals surface area contributed by atoms with Gasteiger partial charge in [0.2, 0.25) is 5.95 Å². The van der Waals surface area contributed by atoms with Gasteiger partial charge in [0, 0.05) is 6.54 Å². The number of nitrogens with zero attached hydrogens (tertiary/aromatic N) is 3. The fourth-order valence-corrected chi connectivity index (χ4v) is 1.29. The monoisotopic (exact) mass is 241 g/mol. The van der Waals surface area contributed by atoms with Crippen LogP contribution in [0.1, 0.15) is 6.92 Å². The first-order valence-corrected chi connectivity index (χ1v) is 5.42. The molecule has 0 aromatic carbocycles. The highest BCUT2D eigenvalue weighted by Gasteiger charge is 2.07. The normalized spacial score (nSPS) is 12.0. The quantitative estimate of drug-likeness (QED) is 0.703. The molecular formula is C10H19N5O2. The lowest BCUT2D eigenvalue weighted by Gasteiger charge is -2.12. The summed E-state index contributed by atoms with van der Waals surface area (Å²) in [5.74, 6) is 0.922. The summed E-state index contributed by atoms with van der Waals surface area (Å²) in [5.41, 5.74) is 0. The number of ether oxygens (including phenoxy) is 2. The van der Waals surface area contributed by atoms with Crippen molar-refractivity contribution < 1.29 is 9.47 Å². The minimum atomic E-state index is 0.237. The van der Waals surface area contributed by atoms with Crippen LogP contribution in [0.15, 0.2) is 0 Å². The van der Waals surface area contributed by atoms with E-state index in [4.69, 9.17) is 9.47 Å². The van der Waals surface area contributed by atoms with E-state index < -0.39 is 0 Å². The van der Waals surface area contributed by atoms with Crippen molar-refractivity contribution >= 4 is 5.95 Å². The zero-order valence-corrected chi connectivity index (χ0v) is 10.6. The van der Waals surface area contributed by atoms with Crippen molar-refractivity contribution in [3.8, 4) is 12.0 Å². The molecule has 0 aliphatic heterocycles. The number of hydrogen-bond donors (Lipinski definition) is 2. The van der Waals surface area contributed by atoms with E-state index in [9.17, 15) is 0 Å². The predicted octanol–water partition coefficient (Wildman–Crippen LogP) is 0.156. The van der Waals surface area contributed by atoms with Crippen molar-refractivity contribution in [2.75, 3.05) is 39.7 Å². The molecule has 2 N–H and O–H groups in total. The van der Waals surface area contributed by atoms with Gasteiger partial charge in [-0.25, -0.2) is 0 Å². The lowest BCUT2D eigenvalue weighted by atomic mass is 10.2. The maximum atomic E-state index is 4.96. The van der Waals surface area contributed by atoms with Gasteiger partial charge in [0.15, 0.2) is 0 Å². The molecule has 1 aromatic heterocycles. The molecule has 0 radical (unpaired) electrons. The van der Waals surface area contributed by atoms with Crippen LogP contribution >= 0.6 is 0 Å². The molecular weight excluding hydrogens is 222 g/mol. The lowest BCUT2D eigenvalue weighted by molar-refractivity contribution is 0.341. The van der Waals surface area contributed by atoms with Crippen molar-refractivity contribution in [3.63, 3.8) is 0 Å². The molecule has 17 heavy (non-hydrogen) atoms. The van der Waals surface area contributed by atoms with Crippen LogP contribution in [-0.4, -0.2) is 49.3 Å². The van der Waals surface area contributed by atoms with Crippen molar-refractivity contribution in [2.24, 2.45) is 5.92 Å². The Morgan fingerprint density at radius 3 is 2.12 bits per heavy atom. The SMILES string of the molecule is CNCC(C)CNc1nc(OC)nc(OC)n1. The van der Waals surface area contributed by atoms with E-state index in [-0.39, 0.29) is 12.0 Å². The second kappa shape index (κ2) is 6.85. The number of anilines is 1. The van der Waals surface area contributed by atoms with Crippen LogP contribution in [0.3, 0.4) is 0 Å². The number of aromatic nitrogens is 3. The highest BCUT2D eigenvalue weighted by Crippen LogP contribution is 2.12. The predicted molar refractivity (Wildman–Crippen MR) is 64.5 cm³/mol. The summed E-state index contributed by atoms with van der Waals surface area (Å²) in [6.45, 7) is 3.81. The van der Waals surface area contributed by atoms with Gasteiger partial charge in [-0.05, 0) is 19.5 Å². The Balaban J connectivity index is 2.63. The number of hydrogen-bond acceptors (Lipinski definition) is 7. The molecule has 0 amide bonds. The van der Waals surface area contributed by atoms with E-state index in [0.29, 0.717) is 11.9 Å². The van der Waals surface area contributed by atoms with Gasteiger partial charge < -0.3 is 20.1 Å². The average Bonchev–Trinajstić information content (AvgIpc) is 2.36. The molecule has 0 saturated carbocycles. The standard InChI is InChI=1S/C10H19N5O2/c1-7(5-11-2)6-12-8-13-9(16-3)15-10(14-8)17-4/h7,11H,5-6H2,1-4H3,(H,12,13,14,15). The van der Waals surface area contributed by atoms with E-state index in [1.807, 2.05) is 7.05 Å². The highest BCUT2D eigenvalue weighted by atomic mass is 16.5. The number of nitrogens with one attached hydrogen (secondary N) is 2. The van der Waals surface area contributed by atoms with Crippen molar-refractivity contribution in [3.05, 3.63) is 0 Å². The van der Waals surface area contributed by atoms with Crippen molar-refractivity contribution in [1.29, 1.82) is 0 Å². The third-order valence-electron chi connectivity index (χ3n) is 2.12. The molecule has 0 saturated heterocycles. The summed E-state index contributed by atoms with van der Waals surface area (Å²) >= 11 is 0. The maximum Gasteiger partial charge on any atom is 0.324 e. The molecule has 7 nitrogen and oxygen atoms in total. The molecule has 1 unspecified atom stereocenters. The van der Waals surface area contributed by atoms with Crippen LogP contribution in [0.5, 0.6) is 12.0 Å². The molecule has 7 heteroatoms. The minimum Gasteiger partial charge on any atom is -0.467 e. The van der Waals surface area contributed by atoms with Gasteiger partial charge in [-0.2, -0.15) is 9.97 Å². The first-order chi connectivity index (χ1) is 8.19. The fourth-order valence-electron chi connectivity index (χ4n) is 1.29. The summed E-state index contributed by atoms with van der Waals surface area (Å²) < 4.78 is 9.91. The maximum absolute atomic E-state index is 4.96. The Morgan fingerprint density at radius 1 is 1.06 bits per heavy atom. The van der Waals surface area contributed by atoms with Gasteiger partial charge in [0.25, 0.3) is 0 Å². The second-order valence-electron chi connectivity index (χ2n) is 3.68. The first kappa shape index (κ1) is 13.4. The van der Waals surface area contributed by atoms with Crippen molar-refractivity contribution in [1.82, 2.24) is 20.3 Å². The van der Waals surface area contributed by atoms with Crippen LogP contribution in [-0.2, 0) is 0 Å². The van der Waals surface area contributed by atoms with E-state index in [2.05, 4.69) is 32.5 Å². The summed E-state index contributed by atoms with van der Waals surface area (Å²) in [6, 6.07) is 0.473. The van der Waals surface area contributed by atoms with Crippen molar-refractivity contribution in [2.45, 2.75) is 6.92 Å². The third kappa shape index (κ3) is 4.39. The van der Waals surface area contributed by atoms with Gasteiger partial charge in [-0.15, -0.1) is 4.98 Å². The second-order valence-corrected chi connectivity index (χ2v) is 3.68. The summed E-state index contributed by atoms with van der Waals surface area (Å²) in [7, 11) is 4.93. The molecule has 0 bridgehead atoms. The molecule has 0 spiro atoms. The topological polar surface area (TPSA) is 81.2 Å². The third-order valence-corrected chi connectivity index (χ3v) is 2.12. The molecule has 1 aromatic rings. The van der Waals surface area contributed by atoms with E-state index >= 15 is 0 Å². The van der Waals surface area contributed by atoms with Crippen LogP contribution in [0.2, 0.25) is 0 Å². The van der Waals surface area contributed by atoms with E-state index in [0.717, 1.165) is 13.1 Å². The van der Waals surface area contributed by atoms with E-state index in [1.54, 1.807) is 0 Å². The molecule has 1 atom stereocenters. The van der Waals surface area contributed by atoms with Crippen LogP contribution in [0.4, 0.5) is 5.95 Å². The van der Waals surface area contributed by atoms with Gasteiger partial charge in [-0.1, -0.05) is 6.92 Å². The van der Waals surface area contributed by atoms with E-state index in [1.165, 1.54) is 14.2 Å². The van der Waals surface area contributed by atoms with Crippen LogP contribution in [0, 0.1) is 5.92 Å². The number of methoxy groups -OCH3 is 2. The van der Waals surface area contributed by atoms with Gasteiger partial charge in [-0.3, -0.25) is 0 Å². The van der Waals surface area contributed by atoms with Crippen LogP contribution < -0.4 is 20.1 Å². The molecule has 1 rings (SSSR count). The number of rotatable bonds is 7. The Labute approximate surface area is 101 Å². The Morgan fingerprint density at radius 2 is 1.65 bits per heavy atom. The minimum absolute atomic E-state index is 0.237. The van der Waals surface area contributed by atoms with Gasteiger partial charge in [0.1, 0.15) is 0 Å². The largest absolute Gasteiger partial charge is 0.467 e. The average molecular weight is 241 g/mol. The zero-order valence-electron chi connectivity index (χ0n) is 10.6. The highest BCUT2D eigenvalue weighted by molar-refractivity contribution is 5.27. The van der Waals surface area contributed by atoms with Crippen LogP contribution in [0.25, 0.3) is 0 Å². The molecule has 0 aliphatic rings. The Hall–Kier alpha value is -1.63. The lowest BCUT2D eigenvalue weighted by Crippen LogP contribution is -2.23. The smallest absolute Gasteiger partial charge is 0.324 e. The fraction of sp³-hybridized carbons (Fsp3) is 0.700. The first-order valence-electron chi connectivity index (χ1n) is 5.42.